The van der Waals surface area contributed by atoms with Crippen LogP contribution in [0.4, 0.5) is 0 Å². The molecular formula is C50H30N4O. The lowest BCUT2D eigenvalue weighted by atomic mass is 10.1. The number of rotatable bonds is 4. The Balaban J connectivity index is 1.16. The predicted molar refractivity (Wildman–Crippen MR) is 226 cm³/mol. The second-order valence-electron chi connectivity index (χ2n) is 14.2. The van der Waals surface area contributed by atoms with Crippen molar-refractivity contribution in [2.24, 2.45) is 0 Å². The van der Waals surface area contributed by atoms with Crippen LogP contribution >= 0.6 is 0 Å². The zero-order valence-electron chi connectivity index (χ0n) is 29.5. The van der Waals surface area contributed by atoms with Crippen molar-refractivity contribution in [1.82, 2.24) is 19.1 Å². The molecule has 55 heavy (non-hydrogen) atoms. The zero-order valence-corrected chi connectivity index (χ0v) is 29.5. The average molecular weight is 703 g/mol. The van der Waals surface area contributed by atoms with E-state index in [0.29, 0.717) is 5.82 Å². The van der Waals surface area contributed by atoms with E-state index in [1.54, 1.807) is 0 Å². The summed E-state index contributed by atoms with van der Waals surface area (Å²) in [4.78, 5) is 10.2. The normalized spacial score (nSPS) is 12.0. The number of nitrogens with zero attached hydrogens (tertiary/aromatic N) is 4. The van der Waals surface area contributed by atoms with Crippen molar-refractivity contribution >= 4 is 76.5 Å². The molecule has 4 heterocycles. The fourth-order valence-corrected chi connectivity index (χ4v) is 8.66. The van der Waals surface area contributed by atoms with E-state index in [0.717, 1.165) is 77.6 Å². The predicted octanol–water partition coefficient (Wildman–Crippen LogP) is 13.1. The summed E-state index contributed by atoms with van der Waals surface area (Å²) in [6, 6.07) is 64.2. The molecule has 5 heteroatoms. The van der Waals surface area contributed by atoms with Gasteiger partial charge in [0.2, 0.25) is 0 Å². The van der Waals surface area contributed by atoms with Gasteiger partial charge in [0.05, 0.1) is 33.3 Å². The second-order valence-corrected chi connectivity index (χ2v) is 14.2. The Morgan fingerprint density at radius 1 is 0.364 bits per heavy atom. The summed E-state index contributed by atoms with van der Waals surface area (Å²) in [5.74, 6) is 0.696. The van der Waals surface area contributed by atoms with Gasteiger partial charge >= 0.3 is 0 Å². The maximum atomic E-state index is 6.50. The highest BCUT2D eigenvalue weighted by molar-refractivity contribution is 6.25. The highest BCUT2D eigenvalue weighted by Crippen LogP contribution is 2.44. The van der Waals surface area contributed by atoms with Gasteiger partial charge in [0, 0.05) is 66.3 Å². The number of hydrogen-bond acceptors (Lipinski definition) is 3. The first-order valence-electron chi connectivity index (χ1n) is 18.6. The molecule has 0 spiro atoms. The molecule has 12 rings (SSSR count). The van der Waals surface area contributed by atoms with Crippen LogP contribution in [-0.4, -0.2) is 19.1 Å². The summed E-state index contributed by atoms with van der Waals surface area (Å²) in [6.07, 6.45) is 0. The molecule has 12 aromatic rings. The van der Waals surface area contributed by atoms with Gasteiger partial charge in [-0.3, -0.25) is 0 Å². The van der Waals surface area contributed by atoms with E-state index in [4.69, 9.17) is 14.4 Å². The molecule has 256 valence electrons. The first-order chi connectivity index (χ1) is 27.3. The lowest BCUT2D eigenvalue weighted by Gasteiger charge is -2.13. The Labute approximate surface area is 315 Å². The molecule has 0 atom stereocenters. The molecule has 0 bridgehead atoms. The summed E-state index contributed by atoms with van der Waals surface area (Å²) < 4.78 is 11.3. The Bertz CT molecular complexity index is 3470. The fourth-order valence-electron chi connectivity index (χ4n) is 8.66. The molecule has 0 unspecified atom stereocenters. The van der Waals surface area contributed by atoms with Crippen LogP contribution in [0.2, 0.25) is 0 Å². The van der Waals surface area contributed by atoms with Crippen molar-refractivity contribution in [3.8, 4) is 34.0 Å². The molecule has 0 aliphatic carbocycles. The summed E-state index contributed by atoms with van der Waals surface area (Å²) in [5.41, 5.74) is 12.4. The van der Waals surface area contributed by atoms with E-state index < -0.39 is 0 Å². The van der Waals surface area contributed by atoms with Crippen molar-refractivity contribution < 1.29 is 4.42 Å². The van der Waals surface area contributed by atoms with E-state index in [1.807, 2.05) is 30.3 Å². The monoisotopic (exact) mass is 702 g/mol. The van der Waals surface area contributed by atoms with Gasteiger partial charge in [0.15, 0.2) is 5.82 Å². The molecule has 0 amide bonds. The molecule has 0 aliphatic heterocycles. The van der Waals surface area contributed by atoms with Gasteiger partial charge in [-0.1, -0.05) is 115 Å². The van der Waals surface area contributed by atoms with Gasteiger partial charge in [0.1, 0.15) is 11.2 Å². The topological polar surface area (TPSA) is 48.8 Å². The molecule has 0 radical (unpaired) electrons. The zero-order chi connectivity index (χ0) is 36.0. The van der Waals surface area contributed by atoms with Gasteiger partial charge in [0.25, 0.3) is 0 Å². The molecule has 0 N–H and O–H groups in total. The fraction of sp³-hybridized carbons (Fsp3) is 0. The summed E-state index contributed by atoms with van der Waals surface area (Å²) >= 11 is 0. The van der Waals surface area contributed by atoms with Gasteiger partial charge in [-0.15, -0.1) is 0 Å². The number of furan rings is 1. The van der Waals surface area contributed by atoms with Crippen LogP contribution in [0.1, 0.15) is 0 Å². The third-order valence-electron chi connectivity index (χ3n) is 11.1. The smallest absolute Gasteiger partial charge is 0.160 e. The molecule has 0 fully saturated rings. The lowest BCUT2D eigenvalue weighted by molar-refractivity contribution is 0.669. The first-order valence-corrected chi connectivity index (χ1v) is 18.6. The quantitative estimate of drug-likeness (QED) is 0.183. The SMILES string of the molecule is c1ccc(-c2nc(-c3ccc(-n4c5cc6oc7ccccc7c6cc5c5ccc6c7ccccc7n(-c7ccccc7)c6c54)cc3)nc3ccccc23)cc1. The minimum Gasteiger partial charge on any atom is -0.456 e. The van der Waals surface area contributed by atoms with E-state index in [2.05, 4.69) is 161 Å². The van der Waals surface area contributed by atoms with Crippen LogP contribution in [-0.2, 0) is 0 Å². The first kappa shape index (κ1) is 30.0. The third-order valence-corrected chi connectivity index (χ3v) is 11.1. The van der Waals surface area contributed by atoms with E-state index in [1.165, 1.54) is 27.1 Å². The second kappa shape index (κ2) is 11.5. The molecular weight excluding hydrogens is 673 g/mol. The molecule has 0 saturated heterocycles. The Hall–Kier alpha value is -7.50. The van der Waals surface area contributed by atoms with Crippen LogP contribution in [0.15, 0.2) is 186 Å². The Kier molecular flexibility index (Phi) is 6.27. The van der Waals surface area contributed by atoms with E-state index >= 15 is 0 Å². The van der Waals surface area contributed by atoms with Crippen LogP contribution in [0.3, 0.4) is 0 Å². The molecule has 0 saturated carbocycles. The van der Waals surface area contributed by atoms with Gasteiger partial charge < -0.3 is 13.6 Å². The van der Waals surface area contributed by atoms with Crippen LogP contribution in [0.25, 0.3) is 110 Å². The average Bonchev–Trinajstić information content (AvgIpc) is 3.90. The summed E-state index contributed by atoms with van der Waals surface area (Å²) in [5, 5.41) is 8.06. The maximum Gasteiger partial charge on any atom is 0.160 e. The van der Waals surface area contributed by atoms with Crippen LogP contribution in [0, 0.1) is 0 Å². The van der Waals surface area contributed by atoms with Crippen LogP contribution in [0.5, 0.6) is 0 Å². The number of fused-ring (bicyclic) bond motifs is 11. The molecule has 5 nitrogen and oxygen atoms in total. The molecule has 4 aromatic heterocycles. The molecule has 8 aromatic carbocycles. The number of para-hydroxylation sites is 4. The van der Waals surface area contributed by atoms with Gasteiger partial charge in [-0.25, -0.2) is 9.97 Å². The van der Waals surface area contributed by atoms with Crippen molar-refractivity contribution in [3.05, 3.63) is 182 Å². The number of benzene rings is 8. The number of hydrogen-bond donors (Lipinski definition) is 0. The Morgan fingerprint density at radius 3 is 1.78 bits per heavy atom. The highest BCUT2D eigenvalue weighted by atomic mass is 16.3. The largest absolute Gasteiger partial charge is 0.456 e. The van der Waals surface area contributed by atoms with Crippen molar-refractivity contribution in [3.63, 3.8) is 0 Å². The minimum absolute atomic E-state index is 0.696. The standard InChI is InChI=1S/C50H30N4O/c1-3-13-31(14-4-1)47-39-19-7-10-20-42(39)51-50(52-47)32-23-25-34(26-24-32)54-44-30-46-41(36-18-9-12-22-45(36)55-46)29-40(44)38-28-27-37-35-17-8-11-21-43(35)53(48(37)49(38)54)33-15-5-2-6-16-33/h1-30H. The minimum atomic E-state index is 0.696. The third kappa shape index (κ3) is 4.41. The van der Waals surface area contributed by atoms with Crippen molar-refractivity contribution in [1.29, 1.82) is 0 Å². The van der Waals surface area contributed by atoms with Gasteiger partial charge in [-0.2, -0.15) is 0 Å². The Morgan fingerprint density at radius 2 is 0.982 bits per heavy atom. The van der Waals surface area contributed by atoms with E-state index in [9.17, 15) is 0 Å². The van der Waals surface area contributed by atoms with E-state index in [-0.39, 0.29) is 0 Å². The summed E-state index contributed by atoms with van der Waals surface area (Å²) in [6.45, 7) is 0. The maximum absolute atomic E-state index is 6.50. The molecule has 0 aliphatic rings. The highest BCUT2D eigenvalue weighted by Gasteiger charge is 2.23. The van der Waals surface area contributed by atoms with Crippen molar-refractivity contribution in [2.75, 3.05) is 0 Å². The summed E-state index contributed by atoms with van der Waals surface area (Å²) in [7, 11) is 0. The van der Waals surface area contributed by atoms with Crippen LogP contribution < -0.4 is 0 Å². The number of aromatic nitrogens is 4. The van der Waals surface area contributed by atoms with Crippen molar-refractivity contribution in [2.45, 2.75) is 0 Å². The lowest BCUT2D eigenvalue weighted by Crippen LogP contribution is -1.99. The van der Waals surface area contributed by atoms with Gasteiger partial charge in [-0.05, 0) is 60.7 Å².